The number of aromatic nitrogens is 5. The van der Waals surface area contributed by atoms with Crippen molar-refractivity contribution in [3.05, 3.63) is 30.9 Å². The van der Waals surface area contributed by atoms with E-state index in [0.717, 1.165) is 22.2 Å². The molecule has 0 aliphatic rings. The van der Waals surface area contributed by atoms with E-state index in [1.54, 1.807) is 12.4 Å². The third-order valence-electron chi connectivity index (χ3n) is 3.14. The Kier molecular flexibility index (Phi) is 3.47. The van der Waals surface area contributed by atoms with Crippen LogP contribution in [0.2, 0.25) is 0 Å². The van der Waals surface area contributed by atoms with Gasteiger partial charge in [0.15, 0.2) is 5.65 Å². The largest absolute Gasteiger partial charge is 0.360 e. The molecule has 0 fully saturated rings. The summed E-state index contributed by atoms with van der Waals surface area (Å²) in [7, 11) is 0. The van der Waals surface area contributed by atoms with Crippen molar-refractivity contribution in [1.82, 2.24) is 25.0 Å². The Morgan fingerprint density at radius 1 is 1.29 bits per heavy atom. The molecule has 3 aromatic rings. The molecule has 6 heteroatoms. The summed E-state index contributed by atoms with van der Waals surface area (Å²) in [4.78, 5) is 0. The van der Waals surface area contributed by atoms with E-state index in [9.17, 15) is 0 Å². The number of rotatable bonds is 4. The fourth-order valence-electron chi connectivity index (χ4n) is 2.18. The predicted molar refractivity (Wildman–Crippen MR) is 80.5 cm³/mol. The van der Waals surface area contributed by atoms with E-state index < -0.39 is 0 Å². The number of aromatic amines is 1. The second-order valence-electron chi connectivity index (χ2n) is 6.31. The molecular weight excluding hydrogens is 266 g/mol. The summed E-state index contributed by atoms with van der Waals surface area (Å²) in [5.41, 5.74) is 2.99. The van der Waals surface area contributed by atoms with Gasteiger partial charge >= 0.3 is 0 Å². The summed E-state index contributed by atoms with van der Waals surface area (Å²) in [5.74, 6) is 0. The van der Waals surface area contributed by atoms with Crippen molar-refractivity contribution in [3.63, 3.8) is 0 Å². The van der Waals surface area contributed by atoms with Crippen LogP contribution in [0.5, 0.6) is 0 Å². The average molecular weight is 285 g/mol. The highest BCUT2D eigenvalue weighted by Gasteiger charge is 2.12. The molecule has 0 saturated heterocycles. The molecule has 1 N–H and O–H groups in total. The summed E-state index contributed by atoms with van der Waals surface area (Å²) < 4.78 is 7.73. The quantitative estimate of drug-likeness (QED) is 0.800. The smallest absolute Gasteiger partial charge is 0.165 e. The van der Waals surface area contributed by atoms with Crippen LogP contribution in [0.25, 0.3) is 22.2 Å². The molecule has 0 unspecified atom stereocenters. The molecule has 0 atom stereocenters. The fourth-order valence-corrected chi connectivity index (χ4v) is 2.18. The number of H-pyrrole nitrogens is 1. The lowest BCUT2D eigenvalue weighted by atomic mass is 9.99. The molecule has 0 spiro atoms. The van der Waals surface area contributed by atoms with E-state index in [2.05, 4.69) is 41.2 Å². The molecule has 0 amide bonds. The first-order valence-electron chi connectivity index (χ1n) is 6.92. The highest BCUT2D eigenvalue weighted by atomic mass is 16.5. The molecule has 0 radical (unpaired) electrons. The van der Waals surface area contributed by atoms with Gasteiger partial charge < -0.3 is 9.30 Å². The normalized spacial score (nSPS) is 12.1. The van der Waals surface area contributed by atoms with Crippen molar-refractivity contribution >= 4 is 11.0 Å². The monoisotopic (exact) mass is 285 g/mol. The van der Waals surface area contributed by atoms with Crippen molar-refractivity contribution < 1.29 is 4.74 Å². The first kappa shape index (κ1) is 13.8. The van der Waals surface area contributed by atoms with Crippen LogP contribution in [-0.2, 0) is 11.5 Å². The minimum Gasteiger partial charge on any atom is -0.360 e. The summed E-state index contributed by atoms with van der Waals surface area (Å²) >= 11 is 0. The van der Waals surface area contributed by atoms with E-state index >= 15 is 0 Å². The summed E-state index contributed by atoms with van der Waals surface area (Å²) in [6.45, 7) is 7.62. The molecule has 21 heavy (non-hydrogen) atoms. The molecule has 3 rings (SSSR count). The summed E-state index contributed by atoms with van der Waals surface area (Å²) in [5, 5.41) is 16.2. The van der Waals surface area contributed by atoms with Gasteiger partial charge in [-0.1, -0.05) is 20.8 Å². The Labute approximate surface area is 123 Å². The van der Waals surface area contributed by atoms with Gasteiger partial charge in [-0.05, 0) is 11.5 Å². The third kappa shape index (κ3) is 2.95. The zero-order valence-electron chi connectivity index (χ0n) is 12.5. The van der Waals surface area contributed by atoms with Crippen LogP contribution in [0.3, 0.4) is 0 Å². The van der Waals surface area contributed by atoms with Crippen LogP contribution in [0.1, 0.15) is 20.8 Å². The van der Waals surface area contributed by atoms with Crippen molar-refractivity contribution in [1.29, 1.82) is 0 Å². The zero-order chi connectivity index (χ0) is 14.9. The average Bonchev–Trinajstić information content (AvgIpc) is 3.06. The van der Waals surface area contributed by atoms with Gasteiger partial charge in [0.1, 0.15) is 6.73 Å². The molecule has 110 valence electrons. The van der Waals surface area contributed by atoms with Gasteiger partial charge in [-0.15, -0.1) is 5.10 Å². The van der Waals surface area contributed by atoms with Crippen molar-refractivity contribution in [3.8, 4) is 11.1 Å². The van der Waals surface area contributed by atoms with E-state index in [0.29, 0.717) is 13.3 Å². The molecule has 3 aromatic heterocycles. The zero-order valence-corrected chi connectivity index (χ0v) is 12.5. The number of ether oxygens (including phenoxy) is 1. The highest BCUT2D eigenvalue weighted by Crippen LogP contribution is 2.26. The van der Waals surface area contributed by atoms with Gasteiger partial charge in [0.05, 0.1) is 19.0 Å². The lowest BCUT2D eigenvalue weighted by Gasteiger charge is -2.18. The molecular formula is C15H19N5O. The molecule has 0 saturated carbocycles. The minimum atomic E-state index is 0.149. The summed E-state index contributed by atoms with van der Waals surface area (Å²) in [6, 6.07) is 2.03. The number of nitrogens with zero attached hydrogens (tertiary/aromatic N) is 4. The van der Waals surface area contributed by atoms with Gasteiger partial charge in [0.2, 0.25) is 0 Å². The maximum Gasteiger partial charge on any atom is 0.165 e. The van der Waals surface area contributed by atoms with Crippen molar-refractivity contribution in [2.24, 2.45) is 5.41 Å². The van der Waals surface area contributed by atoms with Gasteiger partial charge in [-0.3, -0.25) is 5.10 Å². The maximum atomic E-state index is 5.76. The van der Waals surface area contributed by atoms with Gasteiger partial charge in [0, 0.05) is 28.9 Å². The Bertz CT molecular complexity index is 724. The third-order valence-corrected chi connectivity index (χ3v) is 3.14. The van der Waals surface area contributed by atoms with E-state index in [-0.39, 0.29) is 5.41 Å². The Balaban J connectivity index is 1.88. The minimum absolute atomic E-state index is 0.149. The Morgan fingerprint density at radius 3 is 2.86 bits per heavy atom. The first-order chi connectivity index (χ1) is 10.0. The predicted octanol–water partition coefficient (Wildman–Crippen LogP) is 2.84. The van der Waals surface area contributed by atoms with Gasteiger partial charge in [-0.25, -0.2) is 0 Å². The van der Waals surface area contributed by atoms with E-state index in [4.69, 9.17) is 4.74 Å². The van der Waals surface area contributed by atoms with Crippen molar-refractivity contribution in [2.75, 3.05) is 6.61 Å². The van der Waals surface area contributed by atoms with Gasteiger partial charge in [-0.2, -0.15) is 10.2 Å². The van der Waals surface area contributed by atoms with Crippen LogP contribution in [0.15, 0.2) is 30.9 Å². The number of hydrogen-bond acceptors (Lipinski definition) is 4. The van der Waals surface area contributed by atoms with E-state index in [1.165, 1.54) is 0 Å². The van der Waals surface area contributed by atoms with Crippen LogP contribution >= 0.6 is 0 Å². The number of nitrogens with one attached hydrogen (secondary N) is 1. The van der Waals surface area contributed by atoms with Crippen LogP contribution in [0, 0.1) is 5.41 Å². The maximum absolute atomic E-state index is 5.76. The lowest BCUT2D eigenvalue weighted by Crippen LogP contribution is -2.16. The Hall–Kier alpha value is -2.21. The standard InChI is InChI=1S/C15H19N5O/c1-15(2,3)9-21-10-20-5-4-12-13(8-18-19-14(12)20)11-6-16-17-7-11/h4-8H,9-10H2,1-3H3,(H,16,17). The molecule has 3 heterocycles. The Morgan fingerprint density at radius 2 is 2.14 bits per heavy atom. The lowest BCUT2D eigenvalue weighted by molar-refractivity contribution is 0.0292. The highest BCUT2D eigenvalue weighted by molar-refractivity contribution is 5.92. The molecule has 0 aliphatic carbocycles. The number of hydrogen-bond donors (Lipinski definition) is 1. The van der Waals surface area contributed by atoms with Crippen LogP contribution < -0.4 is 0 Å². The fraction of sp³-hybridized carbons (Fsp3) is 0.400. The van der Waals surface area contributed by atoms with Crippen LogP contribution in [0.4, 0.5) is 0 Å². The second-order valence-corrected chi connectivity index (χ2v) is 6.31. The first-order valence-corrected chi connectivity index (χ1v) is 6.92. The molecule has 0 aliphatic heterocycles. The van der Waals surface area contributed by atoms with Crippen LogP contribution in [-0.4, -0.2) is 31.6 Å². The SMILES string of the molecule is CC(C)(C)COCn1ccc2c(-c3cn[nH]c3)cnnc21. The molecule has 6 nitrogen and oxygen atoms in total. The second kappa shape index (κ2) is 5.29. The topological polar surface area (TPSA) is 68.6 Å². The molecule has 0 aromatic carbocycles. The summed E-state index contributed by atoms with van der Waals surface area (Å²) in [6.07, 6.45) is 7.37. The van der Waals surface area contributed by atoms with Gasteiger partial charge in [0.25, 0.3) is 0 Å². The molecule has 0 bridgehead atoms. The van der Waals surface area contributed by atoms with Crippen molar-refractivity contribution in [2.45, 2.75) is 27.5 Å². The van der Waals surface area contributed by atoms with E-state index in [1.807, 2.05) is 23.0 Å². The number of fused-ring (bicyclic) bond motifs is 1.